The summed E-state index contributed by atoms with van der Waals surface area (Å²) in [5.41, 5.74) is 6.32. The van der Waals surface area contributed by atoms with Crippen molar-refractivity contribution in [3.8, 4) is 5.75 Å². The highest BCUT2D eigenvalue weighted by molar-refractivity contribution is 5.85. The van der Waals surface area contributed by atoms with Crippen molar-refractivity contribution in [1.29, 1.82) is 0 Å². The Morgan fingerprint density at radius 1 is 1.00 bits per heavy atom. The van der Waals surface area contributed by atoms with Crippen molar-refractivity contribution in [2.24, 2.45) is 0 Å². The molecule has 4 heterocycles. The Kier molecular flexibility index (Phi) is 3.67. The molecule has 0 spiro atoms. The monoisotopic (exact) mass is 394 g/mol. The second-order valence-corrected chi connectivity index (χ2v) is 7.50. The Hall–Kier alpha value is -4.00. The van der Waals surface area contributed by atoms with Crippen LogP contribution in [-0.2, 0) is 0 Å². The van der Waals surface area contributed by atoms with Crippen LogP contribution in [0.15, 0.2) is 78.6 Å². The molecule has 2 aliphatic heterocycles. The number of benzene rings is 2. The predicted octanol–water partition coefficient (Wildman–Crippen LogP) is 3.94. The van der Waals surface area contributed by atoms with E-state index in [0.717, 1.165) is 33.7 Å². The van der Waals surface area contributed by atoms with Gasteiger partial charge >= 0.3 is 0 Å². The van der Waals surface area contributed by atoms with Gasteiger partial charge in [0, 0.05) is 23.5 Å². The number of tetrazole rings is 1. The number of fused-ring (bicyclic) bond motifs is 3. The molecule has 146 valence electrons. The van der Waals surface area contributed by atoms with Crippen molar-refractivity contribution in [1.82, 2.24) is 25.2 Å². The number of nitrogens with one attached hydrogen (secondary N) is 1. The first-order valence-corrected chi connectivity index (χ1v) is 9.81. The van der Waals surface area contributed by atoms with E-state index in [0.29, 0.717) is 5.95 Å². The van der Waals surface area contributed by atoms with Gasteiger partial charge < -0.3 is 10.1 Å². The van der Waals surface area contributed by atoms with E-state index in [1.165, 1.54) is 5.56 Å². The Morgan fingerprint density at radius 2 is 1.90 bits per heavy atom. The minimum atomic E-state index is -0.287. The third-order valence-electron chi connectivity index (χ3n) is 5.59. The number of aromatic nitrogens is 5. The molecular weight excluding hydrogens is 376 g/mol. The molecule has 30 heavy (non-hydrogen) atoms. The lowest BCUT2D eigenvalue weighted by atomic mass is 9.85. The highest BCUT2D eigenvalue weighted by Crippen LogP contribution is 2.50. The first kappa shape index (κ1) is 16.9. The lowest BCUT2D eigenvalue weighted by Gasteiger charge is -2.38. The van der Waals surface area contributed by atoms with Crippen LogP contribution in [0.3, 0.4) is 0 Å². The zero-order valence-electron chi connectivity index (χ0n) is 16.2. The Balaban J connectivity index is 1.64. The van der Waals surface area contributed by atoms with Crippen molar-refractivity contribution in [2.75, 3.05) is 5.32 Å². The fourth-order valence-electron chi connectivity index (χ4n) is 4.31. The normalized spacial score (nSPS) is 19.2. The number of pyridine rings is 1. The maximum atomic E-state index is 6.59. The minimum absolute atomic E-state index is 0.237. The quantitative estimate of drug-likeness (QED) is 0.555. The topological polar surface area (TPSA) is 77.8 Å². The minimum Gasteiger partial charge on any atom is -0.480 e. The van der Waals surface area contributed by atoms with Crippen LogP contribution >= 0.6 is 0 Å². The lowest BCUT2D eigenvalue weighted by molar-refractivity contribution is 0.222. The Bertz CT molecular complexity index is 1280. The SMILES string of the molecule is Cc1cccc([C@@H]2Oc3ccccc3C3=C2[C@H](c2cccnc2)n2nnnc2N3)c1. The van der Waals surface area contributed by atoms with E-state index >= 15 is 0 Å². The molecule has 0 radical (unpaired) electrons. The van der Waals surface area contributed by atoms with Crippen LogP contribution in [-0.4, -0.2) is 25.2 Å². The van der Waals surface area contributed by atoms with Crippen LogP contribution in [0.5, 0.6) is 5.75 Å². The van der Waals surface area contributed by atoms with Crippen molar-refractivity contribution in [3.05, 3.63) is 101 Å². The molecule has 0 amide bonds. The summed E-state index contributed by atoms with van der Waals surface area (Å²) in [6.07, 6.45) is 3.34. The Labute approximate surface area is 173 Å². The molecule has 2 aromatic heterocycles. The van der Waals surface area contributed by atoms with Crippen molar-refractivity contribution < 1.29 is 4.74 Å². The maximum absolute atomic E-state index is 6.59. The van der Waals surface area contributed by atoms with E-state index < -0.39 is 0 Å². The van der Waals surface area contributed by atoms with E-state index in [1.807, 2.05) is 36.5 Å². The summed E-state index contributed by atoms with van der Waals surface area (Å²) in [4.78, 5) is 4.35. The molecule has 0 saturated carbocycles. The summed E-state index contributed by atoms with van der Waals surface area (Å²) in [6.45, 7) is 2.09. The molecule has 0 saturated heterocycles. The van der Waals surface area contributed by atoms with E-state index in [4.69, 9.17) is 4.74 Å². The van der Waals surface area contributed by atoms with E-state index in [9.17, 15) is 0 Å². The third kappa shape index (κ3) is 2.52. The third-order valence-corrected chi connectivity index (χ3v) is 5.59. The molecule has 0 unspecified atom stereocenters. The van der Waals surface area contributed by atoms with Crippen LogP contribution in [0.1, 0.15) is 34.4 Å². The molecule has 0 fully saturated rings. The summed E-state index contributed by atoms with van der Waals surface area (Å²) in [6, 6.07) is 20.2. The number of para-hydroxylation sites is 1. The molecule has 0 aliphatic carbocycles. The average molecular weight is 394 g/mol. The number of anilines is 1. The summed E-state index contributed by atoms with van der Waals surface area (Å²) in [5.74, 6) is 1.43. The van der Waals surface area contributed by atoms with Gasteiger partial charge in [0.1, 0.15) is 17.9 Å². The van der Waals surface area contributed by atoms with Crippen LogP contribution < -0.4 is 10.1 Å². The summed E-state index contributed by atoms with van der Waals surface area (Å²) < 4.78 is 8.39. The standard InChI is InChI=1S/C23H18N6O/c1-14-6-4-7-15(12-14)22-19-20(17-9-2-3-10-18(17)30-22)25-23-26-27-28-29(23)21(19)16-8-5-11-24-13-16/h2-13,21-22H,1H3,(H,25,26,28)/t21-,22-/m0/s1. The maximum Gasteiger partial charge on any atom is 0.248 e. The van der Waals surface area contributed by atoms with Gasteiger partial charge in [0.2, 0.25) is 5.95 Å². The second kappa shape index (κ2) is 6.52. The van der Waals surface area contributed by atoms with Gasteiger partial charge in [-0.15, -0.1) is 0 Å². The fraction of sp³-hybridized carbons (Fsp3) is 0.130. The number of rotatable bonds is 2. The molecule has 0 bridgehead atoms. The largest absolute Gasteiger partial charge is 0.480 e. The first-order chi connectivity index (χ1) is 14.8. The molecule has 4 aromatic rings. The first-order valence-electron chi connectivity index (χ1n) is 9.81. The van der Waals surface area contributed by atoms with Crippen molar-refractivity contribution >= 4 is 11.6 Å². The van der Waals surface area contributed by atoms with E-state index in [-0.39, 0.29) is 12.1 Å². The predicted molar refractivity (Wildman–Crippen MR) is 112 cm³/mol. The van der Waals surface area contributed by atoms with Gasteiger partial charge in [0.15, 0.2) is 0 Å². The molecule has 2 aliphatic rings. The highest BCUT2D eigenvalue weighted by Gasteiger charge is 2.41. The second-order valence-electron chi connectivity index (χ2n) is 7.50. The number of hydrogen-bond acceptors (Lipinski definition) is 6. The van der Waals surface area contributed by atoms with Crippen LogP contribution in [0, 0.1) is 6.92 Å². The molecule has 2 atom stereocenters. The number of ether oxygens (including phenoxy) is 1. The summed E-state index contributed by atoms with van der Waals surface area (Å²) >= 11 is 0. The number of hydrogen-bond donors (Lipinski definition) is 1. The molecule has 7 heteroatoms. The smallest absolute Gasteiger partial charge is 0.248 e. The lowest BCUT2D eigenvalue weighted by Crippen LogP contribution is -2.32. The molecule has 1 N–H and O–H groups in total. The van der Waals surface area contributed by atoms with Gasteiger partial charge in [0.25, 0.3) is 0 Å². The molecule has 2 aromatic carbocycles. The van der Waals surface area contributed by atoms with Crippen molar-refractivity contribution in [2.45, 2.75) is 19.1 Å². The summed E-state index contributed by atoms with van der Waals surface area (Å²) in [5, 5.41) is 15.9. The van der Waals surface area contributed by atoms with Gasteiger partial charge in [-0.2, -0.15) is 4.68 Å². The van der Waals surface area contributed by atoms with Gasteiger partial charge in [-0.1, -0.05) is 53.1 Å². The highest BCUT2D eigenvalue weighted by atomic mass is 16.5. The van der Waals surface area contributed by atoms with Crippen LogP contribution in [0.25, 0.3) is 5.70 Å². The van der Waals surface area contributed by atoms with Gasteiger partial charge in [-0.05, 0) is 46.7 Å². The molecule has 7 nitrogen and oxygen atoms in total. The van der Waals surface area contributed by atoms with Crippen LogP contribution in [0.2, 0.25) is 0 Å². The Morgan fingerprint density at radius 3 is 2.77 bits per heavy atom. The van der Waals surface area contributed by atoms with Gasteiger partial charge in [0.05, 0.1) is 5.70 Å². The number of aryl methyl sites for hydroxylation is 1. The fourth-order valence-corrected chi connectivity index (χ4v) is 4.31. The van der Waals surface area contributed by atoms with E-state index in [1.54, 1.807) is 10.9 Å². The number of nitrogens with zero attached hydrogens (tertiary/aromatic N) is 5. The van der Waals surface area contributed by atoms with Crippen molar-refractivity contribution in [3.63, 3.8) is 0 Å². The molecular formula is C23H18N6O. The summed E-state index contributed by atoms with van der Waals surface area (Å²) in [7, 11) is 0. The van der Waals surface area contributed by atoms with Crippen LogP contribution in [0.4, 0.5) is 5.95 Å². The molecule has 6 rings (SSSR count). The zero-order valence-corrected chi connectivity index (χ0v) is 16.2. The van der Waals surface area contributed by atoms with E-state index in [2.05, 4.69) is 63.1 Å². The van der Waals surface area contributed by atoms with Gasteiger partial charge in [-0.3, -0.25) is 4.98 Å². The van der Waals surface area contributed by atoms with Gasteiger partial charge in [-0.25, -0.2) is 0 Å². The zero-order chi connectivity index (χ0) is 20.1. The average Bonchev–Trinajstić information content (AvgIpc) is 3.26.